The van der Waals surface area contributed by atoms with E-state index >= 15 is 0 Å². The summed E-state index contributed by atoms with van der Waals surface area (Å²) in [6.07, 6.45) is 0. The lowest BCUT2D eigenvalue weighted by molar-refractivity contribution is 0.594. The molecule has 0 saturated carbocycles. The fourth-order valence-corrected chi connectivity index (χ4v) is 4.20. The van der Waals surface area contributed by atoms with E-state index in [9.17, 15) is 8.42 Å². The summed E-state index contributed by atoms with van der Waals surface area (Å²) in [5, 5.41) is 7.74. The average molecular weight is 348 g/mol. The van der Waals surface area contributed by atoms with Gasteiger partial charge in [-0.05, 0) is 30.7 Å². The molecule has 8 heteroatoms. The molecular formula is C10H10BrN3O2S2. The number of aryl methyl sites for hydroxylation is 1. The van der Waals surface area contributed by atoms with Crippen LogP contribution in [0.2, 0.25) is 0 Å². The van der Waals surface area contributed by atoms with Crippen molar-refractivity contribution in [2.24, 2.45) is 0 Å². The molecule has 0 saturated heterocycles. The Morgan fingerprint density at radius 2 is 2.06 bits per heavy atom. The lowest BCUT2D eigenvalue weighted by atomic mass is 10.2. The smallest absolute Gasteiger partial charge is 0.243 e. The molecule has 0 aliphatic rings. The van der Waals surface area contributed by atoms with E-state index in [2.05, 4.69) is 26.1 Å². The van der Waals surface area contributed by atoms with E-state index < -0.39 is 10.0 Å². The Kier molecular flexibility index (Phi) is 3.69. The summed E-state index contributed by atoms with van der Waals surface area (Å²) >= 11 is 4.47. The number of anilines is 1. The quantitative estimate of drug-likeness (QED) is 0.855. The van der Waals surface area contributed by atoms with Crippen molar-refractivity contribution in [2.45, 2.75) is 11.8 Å². The van der Waals surface area contributed by atoms with Gasteiger partial charge in [0.2, 0.25) is 5.13 Å². The highest BCUT2D eigenvalue weighted by Gasteiger charge is 2.23. The zero-order valence-electron chi connectivity index (χ0n) is 9.66. The van der Waals surface area contributed by atoms with Gasteiger partial charge in [0, 0.05) is 11.5 Å². The Hall–Kier alpha value is -0.990. The van der Waals surface area contributed by atoms with Crippen LogP contribution in [0.5, 0.6) is 0 Å². The van der Waals surface area contributed by atoms with Gasteiger partial charge in [-0.25, -0.2) is 12.7 Å². The van der Waals surface area contributed by atoms with Crippen LogP contribution >= 0.6 is 27.3 Å². The summed E-state index contributed by atoms with van der Waals surface area (Å²) < 4.78 is 26.6. The number of hydrogen-bond donors (Lipinski definition) is 0. The fourth-order valence-electron chi connectivity index (χ4n) is 1.42. The highest BCUT2D eigenvalue weighted by atomic mass is 79.9. The maximum Gasteiger partial charge on any atom is 0.265 e. The summed E-state index contributed by atoms with van der Waals surface area (Å²) in [6, 6.07) is 5.04. The van der Waals surface area contributed by atoms with Gasteiger partial charge < -0.3 is 0 Å². The Balaban J connectivity index is 2.48. The number of sulfonamides is 1. The molecule has 0 unspecified atom stereocenters. The monoisotopic (exact) mass is 347 g/mol. The molecule has 1 heterocycles. The molecule has 5 nitrogen and oxygen atoms in total. The Bertz CT molecular complexity index is 636. The zero-order valence-corrected chi connectivity index (χ0v) is 12.9. The summed E-state index contributed by atoms with van der Waals surface area (Å²) in [4.78, 5) is 0.229. The molecule has 0 atom stereocenters. The third-order valence-corrected chi connectivity index (χ3v) is 5.36. The van der Waals surface area contributed by atoms with Crippen molar-refractivity contribution in [3.63, 3.8) is 0 Å². The molecule has 0 radical (unpaired) electrons. The first-order valence-corrected chi connectivity index (χ1v) is 8.05. The van der Waals surface area contributed by atoms with E-state index in [1.54, 1.807) is 12.1 Å². The molecule has 2 aromatic rings. The number of hydrogen-bond acceptors (Lipinski definition) is 5. The first kappa shape index (κ1) is 13.4. The predicted molar refractivity (Wildman–Crippen MR) is 74.4 cm³/mol. The number of rotatable bonds is 3. The number of benzene rings is 1. The molecule has 0 amide bonds. The maximum atomic E-state index is 12.4. The second kappa shape index (κ2) is 4.94. The molecule has 0 bridgehead atoms. The normalized spacial score (nSPS) is 11.5. The van der Waals surface area contributed by atoms with Crippen LogP contribution < -0.4 is 4.31 Å². The van der Waals surface area contributed by atoms with Gasteiger partial charge in [0.1, 0.15) is 5.51 Å². The van der Waals surface area contributed by atoms with Crippen LogP contribution in [0.3, 0.4) is 0 Å². The topological polar surface area (TPSA) is 63.2 Å². The minimum atomic E-state index is -3.60. The summed E-state index contributed by atoms with van der Waals surface area (Å²) in [5.41, 5.74) is 2.36. The molecule has 0 aliphatic carbocycles. The van der Waals surface area contributed by atoms with Gasteiger partial charge >= 0.3 is 0 Å². The molecular weight excluding hydrogens is 338 g/mol. The highest BCUT2D eigenvalue weighted by Crippen LogP contribution is 2.25. The van der Waals surface area contributed by atoms with E-state index in [1.165, 1.54) is 23.9 Å². The summed E-state index contributed by atoms with van der Waals surface area (Å²) in [5.74, 6) is 0. The molecule has 0 fully saturated rings. The van der Waals surface area contributed by atoms with Gasteiger partial charge in [0.15, 0.2) is 0 Å². The van der Waals surface area contributed by atoms with Crippen LogP contribution in [-0.4, -0.2) is 25.7 Å². The molecule has 0 N–H and O–H groups in total. The van der Waals surface area contributed by atoms with Gasteiger partial charge in [-0.3, -0.25) is 0 Å². The lowest BCUT2D eigenvalue weighted by Gasteiger charge is -2.16. The van der Waals surface area contributed by atoms with Crippen molar-refractivity contribution in [3.8, 4) is 0 Å². The van der Waals surface area contributed by atoms with Crippen LogP contribution in [0, 0.1) is 6.92 Å². The Labute approximate surface area is 118 Å². The van der Waals surface area contributed by atoms with Gasteiger partial charge in [-0.2, -0.15) is 0 Å². The zero-order chi connectivity index (χ0) is 13.3. The first-order valence-electron chi connectivity index (χ1n) is 4.93. The number of aromatic nitrogens is 2. The van der Waals surface area contributed by atoms with Crippen molar-refractivity contribution in [1.29, 1.82) is 0 Å². The molecule has 0 spiro atoms. The molecule has 1 aromatic heterocycles. The molecule has 1 aromatic carbocycles. The number of halogens is 1. The maximum absolute atomic E-state index is 12.4. The molecule has 2 rings (SSSR count). The number of nitrogens with zero attached hydrogens (tertiary/aromatic N) is 3. The third-order valence-electron chi connectivity index (χ3n) is 2.29. The van der Waals surface area contributed by atoms with E-state index in [1.807, 2.05) is 13.0 Å². The Morgan fingerprint density at radius 3 is 2.61 bits per heavy atom. The largest absolute Gasteiger partial charge is 0.265 e. The first-order chi connectivity index (χ1) is 8.41. The highest BCUT2D eigenvalue weighted by molar-refractivity contribution is 9.10. The Morgan fingerprint density at radius 1 is 1.33 bits per heavy atom. The van der Waals surface area contributed by atoms with Crippen LogP contribution in [0.4, 0.5) is 5.13 Å². The van der Waals surface area contributed by atoms with Crippen LogP contribution in [0.15, 0.2) is 33.1 Å². The van der Waals surface area contributed by atoms with Gasteiger partial charge in [-0.15, -0.1) is 10.2 Å². The van der Waals surface area contributed by atoms with E-state index in [0.29, 0.717) is 5.13 Å². The molecule has 0 aliphatic heterocycles. The van der Waals surface area contributed by atoms with Gasteiger partial charge in [-0.1, -0.05) is 27.3 Å². The van der Waals surface area contributed by atoms with Crippen LogP contribution in [0.25, 0.3) is 0 Å². The predicted octanol–water partition coefficient (Wildman–Crippen LogP) is 2.43. The molecule has 18 heavy (non-hydrogen) atoms. The van der Waals surface area contributed by atoms with Crippen molar-refractivity contribution in [3.05, 3.63) is 33.7 Å². The second-order valence-corrected chi connectivity index (χ2v) is 7.35. The standard InChI is InChI=1S/C10H10BrN3O2S2/c1-7-3-8(11)5-9(4-7)18(15,16)14(2)10-13-12-6-17-10/h3-6H,1-2H3. The minimum absolute atomic E-state index is 0.229. The van der Waals surface area contributed by atoms with E-state index in [-0.39, 0.29) is 4.90 Å². The summed E-state index contributed by atoms with van der Waals surface area (Å²) in [7, 11) is -2.13. The van der Waals surface area contributed by atoms with Crippen molar-refractivity contribution in [1.82, 2.24) is 10.2 Å². The van der Waals surface area contributed by atoms with Crippen LogP contribution in [-0.2, 0) is 10.0 Å². The van der Waals surface area contributed by atoms with Crippen molar-refractivity contribution >= 4 is 42.4 Å². The average Bonchev–Trinajstić information content (AvgIpc) is 2.79. The molecule has 96 valence electrons. The van der Waals surface area contributed by atoms with Gasteiger partial charge in [0.25, 0.3) is 10.0 Å². The third kappa shape index (κ3) is 2.55. The lowest BCUT2D eigenvalue weighted by Crippen LogP contribution is -2.26. The minimum Gasteiger partial charge on any atom is -0.243 e. The second-order valence-electron chi connectivity index (χ2n) is 3.66. The van der Waals surface area contributed by atoms with Gasteiger partial charge in [0.05, 0.1) is 4.90 Å². The van der Waals surface area contributed by atoms with Crippen LogP contribution in [0.1, 0.15) is 5.56 Å². The van der Waals surface area contributed by atoms with E-state index in [4.69, 9.17) is 0 Å². The fraction of sp³-hybridized carbons (Fsp3) is 0.200. The van der Waals surface area contributed by atoms with Crippen molar-refractivity contribution < 1.29 is 8.42 Å². The van der Waals surface area contributed by atoms with Crippen molar-refractivity contribution in [2.75, 3.05) is 11.4 Å². The summed E-state index contributed by atoms with van der Waals surface area (Å²) in [6.45, 7) is 1.84. The van der Waals surface area contributed by atoms with E-state index in [0.717, 1.165) is 14.3 Å². The SMILES string of the molecule is Cc1cc(Br)cc(S(=O)(=O)N(C)c2nncs2)c1.